The highest BCUT2D eigenvalue weighted by Gasteiger charge is 2.53. The first-order chi connectivity index (χ1) is 23.0. The molecule has 0 bridgehead atoms. The summed E-state index contributed by atoms with van der Waals surface area (Å²) in [5.41, 5.74) is -31.7. The standard InChI is InChI=1S/C30H9F19N2/c1-8-2-9(4-11(3-8)26(35,36)37)20-16(24(31)32)14-18(29(44,45)46)23-15(19(22(14)50-20)30(47,48)49)17(25(33)34)21(51-23)10-5-12(27(38,39)40)7-13(6-10)28(41,42)43/h2-7H,1H3. The summed E-state index contributed by atoms with van der Waals surface area (Å²) in [5, 5.41) is 0. The van der Waals surface area contributed by atoms with Gasteiger partial charge in [0.15, 0.2) is 0 Å². The largest absolute Gasteiger partial charge is 0.419 e. The lowest BCUT2D eigenvalue weighted by Gasteiger charge is -2.21. The van der Waals surface area contributed by atoms with E-state index in [9.17, 15) is 83.4 Å². The number of benzene rings is 3. The zero-order valence-electron chi connectivity index (χ0n) is 24.0. The molecule has 2 heterocycles. The maximum Gasteiger partial charge on any atom is 0.419 e. The first-order valence-electron chi connectivity index (χ1n) is 13.2. The van der Waals surface area contributed by atoms with Crippen molar-refractivity contribution in [3.05, 3.63) is 104 Å². The smallest absolute Gasteiger partial charge is 0.246 e. The molecule has 3 aromatic carbocycles. The van der Waals surface area contributed by atoms with E-state index in [4.69, 9.17) is 0 Å². The average molecular weight is 758 g/mol. The van der Waals surface area contributed by atoms with Crippen LogP contribution in [0.3, 0.4) is 0 Å². The quantitative estimate of drug-likeness (QED) is 0.233. The number of nitrogens with zero attached hydrogens (tertiary/aromatic N) is 2. The minimum atomic E-state index is -6.17. The molecule has 272 valence electrons. The molecule has 0 aromatic heterocycles. The molecule has 0 atom stereocenters. The molecule has 0 N–H and O–H groups in total. The lowest BCUT2D eigenvalue weighted by Crippen LogP contribution is -2.16. The van der Waals surface area contributed by atoms with Gasteiger partial charge in [-0.25, -0.2) is 9.98 Å². The molecule has 21 heteroatoms. The molecule has 0 saturated carbocycles. The Morgan fingerprint density at radius 3 is 1.04 bits per heavy atom. The number of hydrogen-bond acceptors (Lipinski definition) is 2. The first kappa shape index (κ1) is 37.4. The molecule has 0 fully saturated rings. The number of rotatable bonds is 2. The van der Waals surface area contributed by atoms with Crippen molar-refractivity contribution < 1.29 is 83.4 Å². The van der Waals surface area contributed by atoms with Crippen molar-refractivity contribution in [2.24, 2.45) is 9.98 Å². The maximum atomic E-state index is 14.8. The lowest BCUT2D eigenvalue weighted by molar-refractivity contribution is -0.143. The monoisotopic (exact) mass is 758 g/mol. The number of halogens is 19. The van der Waals surface area contributed by atoms with E-state index in [0.717, 1.165) is 6.92 Å². The molecule has 0 unspecified atom stereocenters. The van der Waals surface area contributed by atoms with Gasteiger partial charge in [0.05, 0.1) is 61.8 Å². The van der Waals surface area contributed by atoms with Crippen LogP contribution in [-0.2, 0) is 30.9 Å². The van der Waals surface area contributed by atoms with E-state index in [0.29, 0.717) is 12.1 Å². The van der Waals surface area contributed by atoms with Crippen molar-refractivity contribution in [2.75, 3.05) is 0 Å². The fourth-order valence-electron chi connectivity index (χ4n) is 5.52. The van der Waals surface area contributed by atoms with Gasteiger partial charge >= 0.3 is 30.9 Å². The predicted octanol–water partition coefficient (Wildman–Crippen LogP) is 12.6. The molecule has 51 heavy (non-hydrogen) atoms. The fraction of sp³-hybridized carbons (Fsp3) is 0.200. The van der Waals surface area contributed by atoms with Crippen LogP contribution >= 0.6 is 0 Å². The number of fused-ring (bicyclic) bond motifs is 2. The van der Waals surface area contributed by atoms with Crippen molar-refractivity contribution in [1.29, 1.82) is 0 Å². The van der Waals surface area contributed by atoms with Crippen LogP contribution in [-0.4, -0.2) is 11.4 Å². The van der Waals surface area contributed by atoms with Crippen molar-refractivity contribution in [3.8, 4) is 0 Å². The van der Waals surface area contributed by atoms with Gasteiger partial charge in [-0.05, 0) is 48.9 Å². The minimum Gasteiger partial charge on any atom is -0.246 e. The number of alkyl halides is 15. The van der Waals surface area contributed by atoms with E-state index in [-0.39, 0.29) is 18.2 Å². The molecular formula is C30H9F19N2. The molecule has 0 spiro atoms. The molecule has 0 amide bonds. The van der Waals surface area contributed by atoms with Gasteiger partial charge < -0.3 is 0 Å². The summed E-state index contributed by atoms with van der Waals surface area (Å²) >= 11 is 0. The van der Waals surface area contributed by atoms with Crippen LogP contribution in [0, 0.1) is 6.92 Å². The van der Waals surface area contributed by atoms with Crippen LogP contribution < -0.4 is 0 Å². The summed E-state index contributed by atoms with van der Waals surface area (Å²) in [6.07, 6.45) is -35.6. The minimum absolute atomic E-state index is 0.0591. The summed E-state index contributed by atoms with van der Waals surface area (Å²) in [6.45, 7) is 0.947. The zero-order valence-corrected chi connectivity index (χ0v) is 24.0. The number of allylic oxidation sites excluding steroid dienone is 2. The fourth-order valence-corrected chi connectivity index (χ4v) is 5.52. The van der Waals surface area contributed by atoms with Gasteiger partial charge in [-0.2, -0.15) is 83.4 Å². The summed E-state index contributed by atoms with van der Waals surface area (Å²) in [7, 11) is 0. The second-order valence-corrected chi connectivity index (χ2v) is 10.8. The molecule has 2 aliphatic rings. The zero-order chi connectivity index (χ0) is 38.5. The number of hydrogen-bond donors (Lipinski definition) is 0. The van der Waals surface area contributed by atoms with Gasteiger partial charge in [0.1, 0.15) is 0 Å². The third-order valence-corrected chi connectivity index (χ3v) is 7.35. The summed E-state index contributed by atoms with van der Waals surface area (Å²) in [4.78, 5) is 6.16. The molecular weight excluding hydrogens is 749 g/mol. The van der Waals surface area contributed by atoms with Gasteiger partial charge in [0.25, 0.3) is 12.2 Å². The molecule has 0 aliphatic carbocycles. The van der Waals surface area contributed by atoms with Gasteiger partial charge in [-0.1, -0.05) is 0 Å². The number of aliphatic imine (C=N–C) groups is 2. The van der Waals surface area contributed by atoms with Crippen LogP contribution in [0.5, 0.6) is 0 Å². The van der Waals surface area contributed by atoms with Gasteiger partial charge in [-0.3, -0.25) is 0 Å². The highest BCUT2D eigenvalue weighted by molar-refractivity contribution is 6.40. The number of aryl methyl sites for hydroxylation is 1. The Balaban J connectivity index is 1.97. The third kappa shape index (κ3) is 6.57. The van der Waals surface area contributed by atoms with E-state index in [1.807, 2.05) is 0 Å². The second kappa shape index (κ2) is 11.6. The average Bonchev–Trinajstić information content (AvgIpc) is 3.52. The van der Waals surface area contributed by atoms with E-state index in [2.05, 4.69) is 9.98 Å². The predicted molar refractivity (Wildman–Crippen MR) is 140 cm³/mol. The molecule has 3 aromatic rings. The van der Waals surface area contributed by atoms with Crippen LogP contribution in [0.15, 0.2) is 58.5 Å². The van der Waals surface area contributed by atoms with Crippen molar-refractivity contribution in [2.45, 2.75) is 37.8 Å². The third-order valence-electron chi connectivity index (χ3n) is 7.35. The van der Waals surface area contributed by atoms with Crippen LogP contribution in [0.1, 0.15) is 55.6 Å². The first-order valence-corrected chi connectivity index (χ1v) is 13.2. The Morgan fingerprint density at radius 1 is 0.431 bits per heavy atom. The summed E-state index contributed by atoms with van der Waals surface area (Å²) in [5.74, 6) is 0. The molecule has 0 radical (unpaired) electrons. The van der Waals surface area contributed by atoms with Crippen LogP contribution in [0.25, 0.3) is 11.1 Å². The normalized spacial score (nSPS) is 15.2. The summed E-state index contributed by atoms with van der Waals surface area (Å²) in [6, 6.07) is -0.0559. The molecule has 0 saturated heterocycles. The Hall–Kier alpha value is -4.85. The summed E-state index contributed by atoms with van der Waals surface area (Å²) < 4.78 is 268. The Morgan fingerprint density at radius 2 is 0.745 bits per heavy atom. The lowest BCUT2D eigenvalue weighted by atomic mass is 9.85. The molecule has 2 nitrogen and oxygen atoms in total. The Kier molecular flexibility index (Phi) is 8.50. The Labute approximate surface area is 269 Å². The van der Waals surface area contributed by atoms with Crippen molar-refractivity contribution >= 4 is 33.9 Å². The van der Waals surface area contributed by atoms with Crippen molar-refractivity contribution in [3.63, 3.8) is 0 Å². The molecule has 5 rings (SSSR count). The van der Waals surface area contributed by atoms with E-state index in [1.165, 1.54) is 0 Å². The highest BCUT2D eigenvalue weighted by Crippen LogP contribution is 2.60. The van der Waals surface area contributed by atoms with E-state index in [1.54, 1.807) is 0 Å². The van der Waals surface area contributed by atoms with Gasteiger partial charge in [0.2, 0.25) is 0 Å². The SMILES string of the molecule is Cc1cc(C2=Nc3c(c(C(F)(F)F)c4c(c3C(F)(F)F)C(=C(F)F)C(c3cc(C(F)(F)F)cc(C(F)(F)F)c3)=N4)C2=C(F)F)cc(C(F)(F)F)c1. The topological polar surface area (TPSA) is 24.7 Å². The van der Waals surface area contributed by atoms with E-state index < -0.39 is 139 Å². The Bertz CT molecular complexity index is 2080. The van der Waals surface area contributed by atoms with Gasteiger partial charge in [-0.15, -0.1) is 0 Å². The van der Waals surface area contributed by atoms with E-state index >= 15 is 0 Å². The van der Waals surface area contributed by atoms with Gasteiger partial charge in [0, 0.05) is 22.3 Å². The molecule has 2 aliphatic heterocycles. The van der Waals surface area contributed by atoms with Crippen LogP contribution in [0.4, 0.5) is 94.8 Å². The highest BCUT2D eigenvalue weighted by atomic mass is 19.4. The maximum absolute atomic E-state index is 14.8. The van der Waals surface area contributed by atoms with Crippen LogP contribution in [0.2, 0.25) is 0 Å². The second-order valence-electron chi connectivity index (χ2n) is 10.8. The van der Waals surface area contributed by atoms with Crippen molar-refractivity contribution in [1.82, 2.24) is 0 Å².